The number of benzene rings is 1. The van der Waals surface area contributed by atoms with Crippen LogP contribution in [-0.2, 0) is 9.53 Å². The number of rotatable bonds is 4. The second-order valence-corrected chi connectivity index (χ2v) is 5.80. The SMILES string of the molecule is COC(=O)CSc1nnc(-c2ccc3[nH]c(C)c(C)c3c2)o1. The topological polar surface area (TPSA) is 81.0 Å². The summed E-state index contributed by atoms with van der Waals surface area (Å²) in [5.41, 5.74) is 4.29. The van der Waals surface area contributed by atoms with E-state index in [4.69, 9.17) is 4.42 Å². The molecule has 3 rings (SSSR count). The van der Waals surface area contributed by atoms with Crippen molar-refractivity contribution in [1.29, 1.82) is 0 Å². The average Bonchev–Trinajstić information content (AvgIpc) is 3.10. The van der Waals surface area contributed by atoms with Crippen LogP contribution in [0, 0.1) is 13.8 Å². The van der Waals surface area contributed by atoms with Crippen LogP contribution < -0.4 is 0 Å². The predicted octanol–water partition coefficient (Wildman–Crippen LogP) is 3.10. The summed E-state index contributed by atoms with van der Waals surface area (Å²) >= 11 is 1.16. The van der Waals surface area contributed by atoms with Gasteiger partial charge >= 0.3 is 5.97 Å². The molecule has 0 saturated heterocycles. The largest absolute Gasteiger partial charge is 0.468 e. The van der Waals surface area contributed by atoms with Crippen molar-refractivity contribution in [3.63, 3.8) is 0 Å². The number of aromatic amines is 1. The Hall–Kier alpha value is -2.28. The molecule has 0 bridgehead atoms. The first-order chi connectivity index (χ1) is 10.6. The van der Waals surface area contributed by atoms with Gasteiger partial charge in [-0.3, -0.25) is 4.79 Å². The predicted molar refractivity (Wildman–Crippen MR) is 83.8 cm³/mol. The molecule has 1 aromatic carbocycles. The van der Waals surface area contributed by atoms with Gasteiger partial charge in [0.1, 0.15) is 5.75 Å². The number of ether oxygens (including phenoxy) is 1. The molecule has 0 aliphatic carbocycles. The maximum absolute atomic E-state index is 11.1. The van der Waals surface area contributed by atoms with E-state index in [1.807, 2.05) is 25.1 Å². The quantitative estimate of drug-likeness (QED) is 0.588. The number of fused-ring (bicyclic) bond motifs is 1. The third-order valence-electron chi connectivity index (χ3n) is 3.50. The van der Waals surface area contributed by atoms with Gasteiger partial charge in [0.15, 0.2) is 0 Å². The van der Waals surface area contributed by atoms with Gasteiger partial charge in [-0.05, 0) is 37.6 Å². The van der Waals surface area contributed by atoms with E-state index >= 15 is 0 Å². The van der Waals surface area contributed by atoms with Gasteiger partial charge in [-0.1, -0.05) is 11.8 Å². The van der Waals surface area contributed by atoms with Crippen LogP contribution in [0.3, 0.4) is 0 Å². The number of hydrogen-bond acceptors (Lipinski definition) is 6. The molecule has 7 heteroatoms. The van der Waals surface area contributed by atoms with Gasteiger partial charge in [0, 0.05) is 22.2 Å². The average molecular weight is 317 g/mol. The van der Waals surface area contributed by atoms with Crippen LogP contribution in [0.15, 0.2) is 27.8 Å². The number of esters is 1. The number of nitrogens with zero attached hydrogens (tertiary/aromatic N) is 2. The van der Waals surface area contributed by atoms with Gasteiger partial charge in [0.05, 0.1) is 7.11 Å². The first-order valence-corrected chi connectivity index (χ1v) is 7.69. The lowest BCUT2D eigenvalue weighted by molar-refractivity contribution is -0.137. The number of methoxy groups -OCH3 is 1. The fraction of sp³-hybridized carbons (Fsp3) is 0.267. The van der Waals surface area contributed by atoms with Crippen LogP contribution in [0.25, 0.3) is 22.4 Å². The summed E-state index contributed by atoms with van der Waals surface area (Å²) in [6.45, 7) is 4.12. The first-order valence-electron chi connectivity index (χ1n) is 6.71. The van der Waals surface area contributed by atoms with E-state index in [1.165, 1.54) is 12.7 Å². The van der Waals surface area contributed by atoms with Crippen LogP contribution >= 0.6 is 11.8 Å². The third-order valence-corrected chi connectivity index (χ3v) is 4.29. The monoisotopic (exact) mass is 317 g/mol. The molecular formula is C15H15N3O3S. The minimum atomic E-state index is -0.329. The molecule has 2 aromatic heterocycles. The van der Waals surface area contributed by atoms with Crippen LogP contribution in [0.5, 0.6) is 0 Å². The number of hydrogen-bond donors (Lipinski definition) is 1. The smallest absolute Gasteiger partial charge is 0.316 e. The van der Waals surface area contributed by atoms with E-state index < -0.39 is 0 Å². The lowest BCUT2D eigenvalue weighted by atomic mass is 10.1. The number of thioether (sulfide) groups is 1. The van der Waals surface area contributed by atoms with E-state index in [0.717, 1.165) is 33.9 Å². The van der Waals surface area contributed by atoms with E-state index in [-0.39, 0.29) is 11.7 Å². The van der Waals surface area contributed by atoms with E-state index in [2.05, 4.69) is 26.8 Å². The molecule has 0 saturated carbocycles. The molecule has 0 aliphatic rings. The Morgan fingerprint density at radius 2 is 2.18 bits per heavy atom. The molecule has 0 atom stereocenters. The van der Waals surface area contributed by atoms with Crippen LogP contribution in [0.4, 0.5) is 0 Å². The van der Waals surface area contributed by atoms with Crippen molar-refractivity contribution in [2.24, 2.45) is 0 Å². The van der Waals surface area contributed by atoms with Crippen molar-refractivity contribution < 1.29 is 13.9 Å². The number of aromatic nitrogens is 3. The normalized spacial score (nSPS) is 11.0. The molecule has 0 fully saturated rings. The van der Waals surface area contributed by atoms with Gasteiger partial charge < -0.3 is 14.1 Å². The zero-order chi connectivity index (χ0) is 15.7. The van der Waals surface area contributed by atoms with Crippen molar-refractivity contribution in [3.8, 4) is 11.5 Å². The Kier molecular flexibility index (Phi) is 3.89. The summed E-state index contributed by atoms with van der Waals surface area (Å²) in [7, 11) is 1.35. The van der Waals surface area contributed by atoms with Gasteiger partial charge in [-0.25, -0.2) is 0 Å². The van der Waals surface area contributed by atoms with Gasteiger partial charge in [0.25, 0.3) is 5.22 Å². The summed E-state index contributed by atoms with van der Waals surface area (Å²) in [5, 5.41) is 9.46. The van der Waals surface area contributed by atoms with E-state index in [1.54, 1.807) is 0 Å². The van der Waals surface area contributed by atoms with Crippen molar-refractivity contribution in [2.45, 2.75) is 19.1 Å². The van der Waals surface area contributed by atoms with Crippen molar-refractivity contribution >= 4 is 28.6 Å². The summed E-state index contributed by atoms with van der Waals surface area (Å²) in [6, 6.07) is 5.95. The summed E-state index contributed by atoms with van der Waals surface area (Å²) in [5.74, 6) is 0.255. The zero-order valence-electron chi connectivity index (χ0n) is 12.5. The zero-order valence-corrected chi connectivity index (χ0v) is 13.3. The number of carbonyl (C=O) groups excluding carboxylic acids is 1. The molecule has 0 radical (unpaired) electrons. The molecule has 22 heavy (non-hydrogen) atoms. The standard InChI is InChI=1S/C15H15N3O3S/c1-8-9(2)16-12-5-4-10(6-11(8)12)14-17-18-15(21-14)22-7-13(19)20-3/h4-6,16H,7H2,1-3H3. The second-order valence-electron chi connectivity index (χ2n) is 4.87. The first kappa shape index (κ1) is 14.6. The number of carbonyl (C=O) groups is 1. The van der Waals surface area contributed by atoms with Crippen LogP contribution in [0.2, 0.25) is 0 Å². The molecule has 2 heterocycles. The highest BCUT2D eigenvalue weighted by Crippen LogP contribution is 2.28. The highest BCUT2D eigenvalue weighted by Gasteiger charge is 2.13. The maximum Gasteiger partial charge on any atom is 0.316 e. The van der Waals surface area contributed by atoms with Gasteiger partial charge in [-0.15, -0.1) is 10.2 Å². The number of nitrogens with one attached hydrogen (secondary N) is 1. The van der Waals surface area contributed by atoms with Gasteiger partial charge in [0.2, 0.25) is 5.89 Å². The highest BCUT2D eigenvalue weighted by atomic mass is 32.2. The van der Waals surface area contributed by atoms with E-state index in [9.17, 15) is 4.79 Å². The molecule has 0 amide bonds. The molecule has 114 valence electrons. The number of aryl methyl sites for hydroxylation is 2. The fourth-order valence-corrected chi connectivity index (χ4v) is 2.75. The molecule has 0 aliphatic heterocycles. The second kappa shape index (κ2) is 5.84. The summed E-state index contributed by atoms with van der Waals surface area (Å²) < 4.78 is 10.2. The lowest BCUT2D eigenvalue weighted by Gasteiger charge is -1.97. The minimum absolute atomic E-state index is 0.146. The Balaban J connectivity index is 1.86. The summed E-state index contributed by atoms with van der Waals surface area (Å²) in [4.78, 5) is 14.4. The highest BCUT2D eigenvalue weighted by molar-refractivity contribution is 7.99. The Bertz CT molecular complexity index is 838. The Morgan fingerprint density at radius 1 is 1.36 bits per heavy atom. The van der Waals surface area contributed by atoms with Crippen LogP contribution in [-0.4, -0.2) is 34.0 Å². The van der Waals surface area contributed by atoms with Crippen molar-refractivity contribution in [1.82, 2.24) is 15.2 Å². The summed E-state index contributed by atoms with van der Waals surface area (Å²) in [6.07, 6.45) is 0. The van der Waals surface area contributed by atoms with Crippen molar-refractivity contribution in [3.05, 3.63) is 29.5 Å². The molecule has 0 spiro atoms. The molecule has 1 N–H and O–H groups in total. The molecular weight excluding hydrogens is 302 g/mol. The number of H-pyrrole nitrogens is 1. The molecule has 0 unspecified atom stereocenters. The Labute approximate surface area is 131 Å². The molecule has 3 aromatic rings. The maximum atomic E-state index is 11.1. The minimum Gasteiger partial charge on any atom is -0.468 e. The third kappa shape index (κ3) is 2.71. The van der Waals surface area contributed by atoms with E-state index in [0.29, 0.717) is 11.1 Å². The fourth-order valence-electron chi connectivity index (χ4n) is 2.16. The lowest BCUT2D eigenvalue weighted by Crippen LogP contribution is -2.02. The van der Waals surface area contributed by atoms with Crippen molar-refractivity contribution in [2.75, 3.05) is 12.9 Å². The van der Waals surface area contributed by atoms with Gasteiger partial charge in [-0.2, -0.15) is 0 Å². The molecule has 6 nitrogen and oxygen atoms in total. The van der Waals surface area contributed by atoms with Crippen LogP contribution in [0.1, 0.15) is 11.3 Å². The Morgan fingerprint density at radius 3 is 2.95 bits per heavy atom.